The fourth-order valence-electron chi connectivity index (χ4n) is 1.13. The van der Waals surface area contributed by atoms with E-state index >= 15 is 0 Å². The number of H-pyrrole nitrogens is 1. The number of aromatic nitrogens is 3. The Balaban J connectivity index is 3.25. The molecule has 0 atom stereocenters. The number of aromatic amines is 1. The third kappa shape index (κ3) is 2.93. The van der Waals surface area contributed by atoms with Crippen LogP contribution in [0.4, 0.5) is 0 Å². The van der Waals surface area contributed by atoms with E-state index in [-0.39, 0.29) is 28.2 Å². The molecule has 0 radical (unpaired) electrons. The Kier molecular flexibility index (Phi) is 3.83. The van der Waals surface area contributed by atoms with Gasteiger partial charge in [0.1, 0.15) is 11.5 Å². The van der Waals surface area contributed by atoms with Gasteiger partial charge in [-0.2, -0.15) is 14.9 Å². The molecular weight excluding hydrogens is 228 g/mol. The highest BCUT2D eigenvalue weighted by Crippen LogP contribution is 1.91. The Hall–Kier alpha value is -1.63. The summed E-state index contributed by atoms with van der Waals surface area (Å²) in [6.45, 7) is 4.68. The van der Waals surface area contributed by atoms with E-state index in [1.54, 1.807) is 13.8 Å². The first-order valence-corrected chi connectivity index (χ1v) is 5.05. The predicted octanol–water partition coefficient (Wildman–Crippen LogP) is 0.812. The summed E-state index contributed by atoms with van der Waals surface area (Å²) in [6.07, 6.45) is 0.197. The summed E-state index contributed by atoms with van der Waals surface area (Å²) in [5, 5.41) is 10.2. The van der Waals surface area contributed by atoms with E-state index in [9.17, 15) is 9.59 Å². The van der Waals surface area contributed by atoms with E-state index in [0.29, 0.717) is 5.71 Å². The maximum Gasteiger partial charge on any atom is 0.296 e. The van der Waals surface area contributed by atoms with Gasteiger partial charge in [-0.15, -0.1) is 0 Å². The number of nitrogens with zero attached hydrogens (tertiary/aromatic N) is 3. The summed E-state index contributed by atoms with van der Waals surface area (Å²) in [7, 11) is 0. The van der Waals surface area contributed by atoms with Crippen LogP contribution >= 0.6 is 12.2 Å². The zero-order valence-electron chi connectivity index (χ0n) is 9.27. The molecule has 86 valence electrons. The second kappa shape index (κ2) is 4.93. The monoisotopic (exact) mass is 240 g/mol. The molecular formula is C9H12N4O2S. The van der Waals surface area contributed by atoms with Crippen molar-refractivity contribution < 1.29 is 4.79 Å². The molecule has 0 amide bonds. The number of nitrogens with one attached hydrogen (secondary N) is 1. The van der Waals surface area contributed by atoms with Crippen molar-refractivity contribution in [2.45, 2.75) is 27.2 Å². The van der Waals surface area contributed by atoms with Gasteiger partial charge in [0.15, 0.2) is 0 Å². The quantitative estimate of drug-likeness (QED) is 0.626. The Morgan fingerprint density at radius 1 is 1.56 bits per heavy atom. The molecule has 0 bridgehead atoms. The standard InChI is InChI=1S/C9H12N4O2S/c1-5(4-6(2)14)12-13-8(15)7(3)10-11-9(13)16/h4H2,1-3H3,(H,11,16)/b12-5+. The molecule has 6 nitrogen and oxygen atoms in total. The summed E-state index contributed by atoms with van der Waals surface area (Å²) < 4.78 is 1.15. The van der Waals surface area contributed by atoms with Crippen LogP contribution in [0, 0.1) is 11.7 Å². The van der Waals surface area contributed by atoms with Crippen LogP contribution in [0.15, 0.2) is 9.90 Å². The fourth-order valence-corrected chi connectivity index (χ4v) is 1.30. The first-order valence-electron chi connectivity index (χ1n) is 4.64. The van der Waals surface area contributed by atoms with Crippen LogP contribution in [-0.2, 0) is 4.79 Å². The number of rotatable bonds is 3. The van der Waals surface area contributed by atoms with Crippen LogP contribution in [0.3, 0.4) is 0 Å². The average Bonchev–Trinajstić information content (AvgIpc) is 2.17. The summed E-state index contributed by atoms with van der Waals surface area (Å²) in [5.74, 6) is -0.0185. The number of Topliss-reactive ketones (excluding diaryl/α,β-unsaturated/α-hetero) is 1. The summed E-state index contributed by atoms with van der Waals surface area (Å²) in [5.41, 5.74) is 0.416. The third-order valence-corrected chi connectivity index (χ3v) is 2.05. The van der Waals surface area contributed by atoms with E-state index in [4.69, 9.17) is 12.2 Å². The van der Waals surface area contributed by atoms with Gasteiger partial charge >= 0.3 is 0 Å². The molecule has 0 unspecified atom stereocenters. The molecule has 0 saturated heterocycles. The Bertz CT molecular complexity index is 555. The Morgan fingerprint density at radius 2 is 2.19 bits per heavy atom. The van der Waals surface area contributed by atoms with Crippen LogP contribution in [0.1, 0.15) is 26.0 Å². The molecule has 0 spiro atoms. The molecule has 0 fully saturated rings. The fraction of sp³-hybridized carbons (Fsp3) is 0.444. The van der Waals surface area contributed by atoms with Crippen molar-refractivity contribution in [2.75, 3.05) is 0 Å². The van der Waals surface area contributed by atoms with Crippen molar-refractivity contribution in [3.05, 3.63) is 20.8 Å². The molecule has 0 aromatic carbocycles. The van der Waals surface area contributed by atoms with Crippen molar-refractivity contribution in [2.24, 2.45) is 5.10 Å². The molecule has 0 aliphatic rings. The molecule has 1 aromatic heterocycles. The van der Waals surface area contributed by atoms with Crippen molar-refractivity contribution in [1.29, 1.82) is 0 Å². The van der Waals surface area contributed by atoms with E-state index in [0.717, 1.165) is 4.68 Å². The minimum Gasteiger partial charge on any atom is -0.300 e. The lowest BCUT2D eigenvalue weighted by molar-refractivity contribution is -0.115. The van der Waals surface area contributed by atoms with Gasteiger partial charge < -0.3 is 0 Å². The molecule has 1 N–H and O–H groups in total. The minimum atomic E-state index is -0.383. The molecule has 16 heavy (non-hydrogen) atoms. The highest BCUT2D eigenvalue weighted by molar-refractivity contribution is 7.71. The van der Waals surface area contributed by atoms with Crippen molar-refractivity contribution in [3.63, 3.8) is 0 Å². The first-order chi connectivity index (χ1) is 7.41. The largest absolute Gasteiger partial charge is 0.300 e. The maximum atomic E-state index is 11.6. The minimum absolute atomic E-state index is 0.0185. The van der Waals surface area contributed by atoms with Gasteiger partial charge in [0.25, 0.3) is 5.56 Å². The van der Waals surface area contributed by atoms with Gasteiger partial charge in [0, 0.05) is 12.1 Å². The van der Waals surface area contributed by atoms with Gasteiger partial charge in [-0.3, -0.25) is 14.7 Å². The average molecular weight is 240 g/mol. The lowest BCUT2D eigenvalue weighted by atomic mass is 10.2. The van der Waals surface area contributed by atoms with Crippen LogP contribution in [0.5, 0.6) is 0 Å². The molecule has 0 saturated carbocycles. The number of carbonyl (C=O) groups is 1. The van der Waals surface area contributed by atoms with E-state index in [1.165, 1.54) is 6.92 Å². The number of carbonyl (C=O) groups excluding carboxylic acids is 1. The van der Waals surface area contributed by atoms with Gasteiger partial charge in [0.2, 0.25) is 4.77 Å². The SMILES string of the molecule is CC(=O)C/C(C)=N/n1c(=S)[nH]nc(C)c1=O. The van der Waals surface area contributed by atoms with Crippen molar-refractivity contribution in [1.82, 2.24) is 14.9 Å². The van der Waals surface area contributed by atoms with Crippen LogP contribution in [0.2, 0.25) is 0 Å². The molecule has 7 heteroatoms. The molecule has 0 aliphatic carbocycles. The maximum absolute atomic E-state index is 11.6. The van der Waals surface area contributed by atoms with Gasteiger partial charge in [-0.1, -0.05) is 0 Å². The third-order valence-electron chi connectivity index (χ3n) is 1.79. The predicted molar refractivity (Wildman–Crippen MR) is 62.2 cm³/mol. The molecule has 1 heterocycles. The van der Waals surface area contributed by atoms with Crippen LogP contribution in [0.25, 0.3) is 0 Å². The summed E-state index contributed by atoms with van der Waals surface area (Å²) in [6, 6.07) is 0. The summed E-state index contributed by atoms with van der Waals surface area (Å²) in [4.78, 5) is 22.5. The molecule has 1 aromatic rings. The highest BCUT2D eigenvalue weighted by Gasteiger charge is 2.03. The number of aryl methyl sites for hydroxylation is 1. The second-order valence-corrected chi connectivity index (χ2v) is 3.83. The Morgan fingerprint density at radius 3 is 2.75 bits per heavy atom. The van der Waals surface area contributed by atoms with Crippen molar-refractivity contribution >= 4 is 23.7 Å². The topological polar surface area (TPSA) is 80.1 Å². The van der Waals surface area contributed by atoms with E-state index < -0.39 is 0 Å². The zero-order chi connectivity index (χ0) is 12.3. The first kappa shape index (κ1) is 12.4. The van der Waals surface area contributed by atoms with Crippen molar-refractivity contribution in [3.8, 4) is 0 Å². The van der Waals surface area contributed by atoms with Gasteiger partial charge in [-0.05, 0) is 33.0 Å². The van der Waals surface area contributed by atoms with E-state index in [2.05, 4.69) is 15.3 Å². The molecule has 1 rings (SSSR count). The lowest BCUT2D eigenvalue weighted by Gasteiger charge is -2.01. The van der Waals surface area contributed by atoms with Crippen LogP contribution in [-0.4, -0.2) is 26.4 Å². The van der Waals surface area contributed by atoms with Crippen LogP contribution < -0.4 is 5.56 Å². The van der Waals surface area contributed by atoms with Gasteiger partial charge in [-0.25, -0.2) is 0 Å². The lowest BCUT2D eigenvalue weighted by Crippen LogP contribution is -2.23. The highest BCUT2D eigenvalue weighted by atomic mass is 32.1. The Labute approximate surface area is 97.0 Å². The van der Waals surface area contributed by atoms with E-state index in [1.807, 2.05) is 0 Å². The number of hydrogen-bond donors (Lipinski definition) is 1. The second-order valence-electron chi connectivity index (χ2n) is 3.45. The number of ketones is 1. The van der Waals surface area contributed by atoms with Gasteiger partial charge in [0.05, 0.1) is 0 Å². The number of hydrogen-bond acceptors (Lipinski definition) is 5. The summed E-state index contributed by atoms with van der Waals surface area (Å²) >= 11 is 4.88. The zero-order valence-corrected chi connectivity index (χ0v) is 10.1. The normalized spacial score (nSPS) is 11.6. The molecule has 0 aliphatic heterocycles. The smallest absolute Gasteiger partial charge is 0.296 e.